The average Bonchev–Trinajstić information content (AvgIpc) is 3.09. The van der Waals surface area contributed by atoms with E-state index in [0.717, 1.165) is 0 Å². The van der Waals surface area contributed by atoms with E-state index in [1.54, 1.807) is 30.6 Å². The molecule has 7 nitrogen and oxygen atoms in total. The Bertz CT molecular complexity index is 691. The molecule has 3 aromatic rings. The van der Waals surface area contributed by atoms with Gasteiger partial charge in [0.15, 0.2) is 17.3 Å². The summed E-state index contributed by atoms with van der Waals surface area (Å²) >= 11 is 0. The molecule has 0 fully saturated rings. The number of para-hydroxylation sites is 1. The smallest absolute Gasteiger partial charge is 0.262 e. The molecule has 19 heavy (non-hydrogen) atoms. The van der Waals surface area contributed by atoms with Crippen molar-refractivity contribution in [3.63, 3.8) is 0 Å². The van der Waals surface area contributed by atoms with E-state index in [2.05, 4.69) is 20.1 Å². The number of hydrogen-bond acceptors (Lipinski definition) is 6. The monoisotopic (exact) mass is 258 g/mol. The zero-order valence-electron chi connectivity index (χ0n) is 9.99. The third kappa shape index (κ3) is 1.90. The molecule has 0 unspecified atom stereocenters. The number of hydrogen-bond donors (Lipinski definition) is 2. The van der Waals surface area contributed by atoms with Crippen molar-refractivity contribution >= 4 is 0 Å². The maximum absolute atomic E-state index is 10.0. The lowest BCUT2D eigenvalue weighted by molar-refractivity contribution is 0.371. The zero-order chi connectivity index (χ0) is 13.2. The minimum Gasteiger partial charge on any atom is -0.504 e. The van der Waals surface area contributed by atoms with Gasteiger partial charge in [0.05, 0.1) is 12.7 Å². The van der Waals surface area contributed by atoms with Gasteiger partial charge in [0.2, 0.25) is 5.82 Å². The lowest BCUT2D eigenvalue weighted by atomic mass is 10.2. The molecule has 0 aliphatic heterocycles. The number of nitrogens with one attached hydrogen (secondary N) is 1. The minimum absolute atomic E-state index is 0.0420. The second-order valence-electron chi connectivity index (χ2n) is 3.72. The Morgan fingerprint density at radius 1 is 1.37 bits per heavy atom. The Kier molecular flexibility index (Phi) is 2.64. The number of ether oxygens (including phenoxy) is 1. The Morgan fingerprint density at radius 2 is 2.26 bits per heavy atom. The van der Waals surface area contributed by atoms with Crippen LogP contribution in [0.2, 0.25) is 0 Å². The lowest BCUT2D eigenvalue weighted by Gasteiger charge is -2.04. The molecule has 1 aromatic carbocycles. The highest BCUT2D eigenvalue weighted by molar-refractivity contribution is 5.67. The minimum atomic E-state index is -0.0420. The van der Waals surface area contributed by atoms with Crippen LogP contribution in [0.3, 0.4) is 0 Å². The fourth-order valence-electron chi connectivity index (χ4n) is 1.68. The van der Waals surface area contributed by atoms with Crippen molar-refractivity contribution in [1.82, 2.24) is 20.1 Å². The van der Waals surface area contributed by atoms with Gasteiger partial charge < -0.3 is 19.4 Å². The van der Waals surface area contributed by atoms with Gasteiger partial charge in [-0.05, 0) is 12.1 Å². The summed E-state index contributed by atoms with van der Waals surface area (Å²) in [4.78, 5) is 11.1. The van der Waals surface area contributed by atoms with Crippen LogP contribution in [-0.2, 0) is 0 Å². The first-order valence-electron chi connectivity index (χ1n) is 5.49. The molecule has 0 atom stereocenters. The van der Waals surface area contributed by atoms with E-state index in [1.165, 1.54) is 7.11 Å². The molecule has 0 amide bonds. The van der Waals surface area contributed by atoms with E-state index in [9.17, 15) is 5.11 Å². The Hall–Kier alpha value is -2.83. The summed E-state index contributed by atoms with van der Waals surface area (Å²) in [6, 6.07) is 5.03. The lowest BCUT2D eigenvalue weighted by Crippen LogP contribution is -1.87. The first-order chi connectivity index (χ1) is 9.29. The van der Waals surface area contributed by atoms with Crippen molar-refractivity contribution in [3.05, 3.63) is 30.6 Å². The summed E-state index contributed by atoms with van der Waals surface area (Å²) in [7, 11) is 1.47. The summed E-state index contributed by atoms with van der Waals surface area (Å²) in [6.45, 7) is 0. The number of H-pyrrole nitrogens is 1. The van der Waals surface area contributed by atoms with Gasteiger partial charge in [0, 0.05) is 12.4 Å². The first kappa shape index (κ1) is 11.3. The van der Waals surface area contributed by atoms with Crippen LogP contribution in [0.15, 0.2) is 35.1 Å². The van der Waals surface area contributed by atoms with Crippen molar-refractivity contribution in [3.8, 4) is 34.6 Å². The Balaban J connectivity index is 2.04. The number of methoxy groups -OCH3 is 1. The van der Waals surface area contributed by atoms with Crippen LogP contribution in [0.1, 0.15) is 0 Å². The molecule has 3 rings (SSSR count). The second kappa shape index (κ2) is 4.45. The predicted molar refractivity (Wildman–Crippen MR) is 65.5 cm³/mol. The zero-order valence-corrected chi connectivity index (χ0v) is 9.99. The fraction of sp³-hybridized carbons (Fsp3) is 0.0833. The quantitative estimate of drug-likeness (QED) is 0.744. The molecule has 0 radical (unpaired) electrons. The number of aromatic amines is 1. The third-order valence-electron chi connectivity index (χ3n) is 2.59. The van der Waals surface area contributed by atoms with Crippen LogP contribution in [0, 0.1) is 0 Å². The van der Waals surface area contributed by atoms with Crippen molar-refractivity contribution in [2.45, 2.75) is 0 Å². The van der Waals surface area contributed by atoms with Crippen molar-refractivity contribution in [2.75, 3.05) is 7.11 Å². The molecule has 0 spiro atoms. The third-order valence-corrected chi connectivity index (χ3v) is 2.59. The Labute approximate surface area is 107 Å². The molecule has 2 aromatic heterocycles. The molecular formula is C12H10N4O3. The maximum Gasteiger partial charge on any atom is 0.262 e. The highest BCUT2D eigenvalue weighted by atomic mass is 16.5. The number of benzene rings is 1. The van der Waals surface area contributed by atoms with Gasteiger partial charge in [-0.3, -0.25) is 0 Å². The molecule has 2 heterocycles. The summed E-state index contributed by atoms with van der Waals surface area (Å²) in [5.41, 5.74) is 0.407. The number of phenolic OH excluding ortho intramolecular Hbond substituents is 1. The molecule has 2 N–H and O–H groups in total. The van der Waals surface area contributed by atoms with Gasteiger partial charge in [0.25, 0.3) is 5.89 Å². The maximum atomic E-state index is 10.0. The van der Waals surface area contributed by atoms with Gasteiger partial charge in [0.1, 0.15) is 0 Å². The van der Waals surface area contributed by atoms with E-state index < -0.39 is 0 Å². The number of aromatic hydroxyl groups is 1. The molecule has 7 heteroatoms. The van der Waals surface area contributed by atoms with Crippen LogP contribution in [0.25, 0.3) is 23.1 Å². The topological polar surface area (TPSA) is 97.1 Å². The van der Waals surface area contributed by atoms with Crippen molar-refractivity contribution < 1.29 is 14.4 Å². The van der Waals surface area contributed by atoms with Gasteiger partial charge in [-0.15, -0.1) is 0 Å². The largest absolute Gasteiger partial charge is 0.504 e. The number of rotatable bonds is 3. The van der Waals surface area contributed by atoms with Crippen LogP contribution in [0.5, 0.6) is 11.5 Å². The van der Waals surface area contributed by atoms with E-state index >= 15 is 0 Å². The van der Waals surface area contributed by atoms with Crippen molar-refractivity contribution in [2.24, 2.45) is 0 Å². The van der Waals surface area contributed by atoms with Crippen LogP contribution >= 0.6 is 0 Å². The summed E-state index contributed by atoms with van der Waals surface area (Å²) in [5, 5.41) is 13.8. The first-order valence-corrected chi connectivity index (χ1v) is 5.49. The van der Waals surface area contributed by atoms with Gasteiger partial charge in [-0.2, -0.15) is 4.98 Å². The van der Waals surface area contributed by atoms with E-state index in [1.807, 2.05) is 0 Å². The van der Waals surface area contributed by atoms with Gasteiger partial charge >= 0.3 is 0 Å². The molecule has 0 aliphatic carbocycles. The molecule has 0 saturated heterocycles. The summed E-state index contributed by atoms with van der Waals surface area (Å²) < 4.78 is 10.1. The molecule has 0 bridgehead atoms. The molecule has 96 valence electrons. The highest BCUT2D eigenvalue weighted by Gasteiger charge is 2.17. The summed E-state index contributed by atoms with van der Waals surface area (Å²) in [5.74, 6) is 1.32. The number of imidazole rings is 1. The summed E-state index contributed by atoms with van der Waals surface area (Å²) in [6.07, 6.45) is 3.25. The van der Waals surface area contributed by atoms with Crippen LogP contribution in [-0.4, -0.2) is 32.3 Å². The number of aromatic nitrogens is 4. The highest BCUT2D eigenvalue weighted by Crippen LogP contribution is 2.36. The second-order valence-corrected chi connectivity index (χ2v) is 3.72. The van der Waals surface area contributed by atoms with Crippen molar-refractivity contribution in [1.29, 1.82) is 0 Å². The molecule has 0 saturated carbocycles. The van der Waals surface area contributed by atoms with E-state index in [-0.39, 0.29) is 11.6 Å². The van der Waals surface area contributed by atoms with E-state index in [4.69, 9.17) is 9.26 Å². The van der Waals surface area contributed by atoms with Gasteiger partial charge in [-0.1, -0.05) is 11.2 Å². The van der Waals surface area contributed by atoms with Gasteiger partial charge in [-0.25, -0.2) is 4.98 Å². The van der Waals surface area contributed by atoms with Crippen LogP contribution in [0.4, 0.5) is 0 Å². The number of phenols is 1. The SMILES string of the molecule is COc1cccc(-c2nc(-c3ncc[nH]3)no2)c1O. The average molecular weight is 258 g/mol. The predicted octanol–water partition coefficient (Wildman–Crippen LogP) is 1.84. The standard InChI is InChI=1S/C12H10N4O3/c1-18-8-4-2-3-7(9(8)17)12-15-11(16-19-12)10-13-5-6-14-10/h2-6,17H,1H3,(H,13,14). The molecular weight excluding hydrogens is 248 g/mol. The van der Waals surface area contributed by atoms with Crippen LogP contribution < -0.4 is 4.74 Å². The fourth-order valence-corrected chi connectivity index (χ4v) is 1.68. The van der Waals surface area contributed by atoms with E-state index in [0.29, 0.717) is 23.0 Å². The Morgan fingerprint density at radius 3 is 3.00 bits per heavy atom. The molecule has 0 aliphatic rings. The number of nitrogens with zero attached hydrogens (tertiary/aromatic N) is 3. The normalized spacial score (nSPS) is 10.6.